The van der Waals surface area contributed by atoms with Crippen LogP contribution in [-0.2, 0) is 6.18 Å². The SMILES string of the molecule is Cc1cc(C)c(-n2nc(C(F)(F)F)c(C#N)c2Cl)c(C)c1. The molecule has 110 valence electrons. The van der Waals surface area contributed by atoms with Crippen LogP contribution in [0.4, 0.5) is 13.2 Å². The minimum Gasteiger partial charge on any atom is -0.220 e. The third-order valence-electron chi connectivity index (χ3n) is 3.06. The smallest absolute Gasteiger partial charge is 0.220 e. The Balaban J connectivity index is 2.79. The van der Waals surface area contributed by atoms with E-state index in [-0.39, 0.29) is 5.15 Å². The summed E-state index contributed by atoms with van der Waals surface area (Å²) >= 11 is 5.93. The van der Waals surface area contributed by atoms with E-state index in [2.05, 4.69) is 5.10 Å². The third kappa shape index (κ3) is 2.61. The lowest BCUT2D eigenvalue weighted by molar-refractivity contribution is -0.141. The van der Waals surface area contributed by atoms with Crippen molar-refractivity contribution in [1.29, 1.82) is 5.26 Å². The number of alkyl halides is 3. The lowest BCUT2D eigenvalue weighted by atomic mass is 10.1. The van der Waals surface area contributed by atoms with E-state index in [4.69, 9.17) is 16.9 Å². The van der Waals surface area contributed by atoms with Crippen molar-refractivity contribution in [2.45, 2.75) is 26.9 Å². The van der Waals surface area contributed by atoms with Gasteiger partial charge in [-0.05, 0) is 31.9 Å². The summed E-state index contributed by atoms with van der Waals surface area (Å²) in [6.45, 7) is 5.40. The molecule has 0 aliphatic carbocycles. The molecule has 0 atom stereocenters. The average Bonchev–Trinajstić information content (AvgIpc) is 2.65. The van der Waals surface area contributed by atoms with Crippen LogP contribution in [-0.4, -0.2) is 9.78 Å². The highest BCUT2D eigenvalue weighted by molar-refractivity contribution is 6.31. The number of hydrogen-bond acceptors (Lipinski definition) is 2. The van der Waals surface area contributed by atoms with Gasteiger partial charge in [-0.2, -0.15) is 23.5 Å². The fraction of sp³-hybridized carbons (Fsp3) is 0.286. The molecule has 1 aromatic carbocycles. The highest BCUT2D eigenvalue weighted by atomic mass is 35.5. The third-order valence-corrected chi connectivity index (χ3v) is 3.41. The summed E-state index contributed by atoms with van der Waals surface area (Å²) in [6.07, 6.45) is -4.73. The summed E-state index contributed by atoms with van der Waals surface area (Å²) < 4.78 is 39.8. The number of halogens is 4. The quantitative estimate of drug-likeness (QED) is 0.785. The van der Waals surface area contributed by atoms with Gasteiger partial charge in [0.2, 0.25) is 0 Å². The van der Waals surface area contributed by atoms with Crippen LogP contribution in [0.2, 0.25) is 5.15 Å². The van der Waals surface area contributed by atoms with E-state index in [0.29, 0.717) is 5.69 Å². The number of rotatable bonds is 1. The summed E-state index contributed by atoms with van der Waals surface area (Å²) in [5, 5.41) is 12.1. The summed E-state index contributed by atoms with van der Waals surface area (Å²) in [7, 11) is 0. The fourth-order valence-electron chi connectivity index (χ4n) is 2.35. The van der Waals surface area contributed by atoms with Crippen molar-refractivity contribution in [1.82, 2.24) is 9.78 Å². The maximum absolute atomic E-state index is 12.9. The van der Waals surface area contributed by atoms with E-state index in [9.17, 15) is 13.2 Å². The molecule has 0 unspecified atom stereocenters. The molecule has 0 aliphatic heterocycles. The van der Waals surface area contributed by atoms with Gasteiger partial charge in [0.25, 0.3) is 0 Å². The molecule has 0 saturated carbocycles. The van der Waals surface area contributed by atoms with Crippen molar-refractivity contribution in [3.8, 4) is 11.8 Å². The molecule has 0 spiro atoms. The second-order valence-electron chi connectivity index (χ2n) is 4.78. The molecular formula is C14H11ClF3N3. The van der Waals surface area contributed by atoms with Gasteiger partial charge in [0.1, 0.15) is 11.6 Å². The Morgan fingerprint density at radius 3 is 2.10 bits per heavy atom. The largest absolute Gasteiger partial charge is 0.436 e. The maximum Gasteiger partial charge on any atom is 0.436 e. The van der Waals surface area contributed by atoms with Crippen molar-refractivity contribution in [2.24, 2.45) is 0 Å². The van der Waals surface area contributed by atoms with Crippen molar-refractivity contribution >= 4 is 11.6 Å². The number of nitriles is 1. The molecular weight excluding hydrogens is 303 g/mol. The molecule has 3 nitrogen and oxygen atoms in total. The Morgan fingerprint density at radius 1 is 1.19 bits per heavy atom. The van der Waals surface area contributed by atoms with Gasteiger partial charge >= 0.3 is 6.18 Å². The van der Waals surface area contributed by atoms with Crippen molar-refractivity contribution < 1.29 is 13.2 Å². The number of nitrogens with zero attached hydrogens (tertiary/aromatic N) is 3. The van der Waals surface area contributed by atoms with Crippen molar-refractivity contribution in [2.75, 3.05) is 0 Å². The zero-order valence-corrected chi connectivity index (χ0v) is 12.3. The predicted molar refractivity (Wildman–Crippen MR) is 72.5 cm³/mol. The van der Waals surface area contributed by atoms with Gasteiger partial charge in [-0.1, -0.05) is 29.3 Å². The van der Waals surface area contributed by atoms with Gasteiger partial charge in [-0.25, -0.2) is 4.68 Å². The Labute approximate surface area is 124 Å². The molecule has 21 heavy (non-hydrogen) atoms. The monoisotopic (exact) mass is 313 g/mol. The zero-order chi connectivity index (χ0) is 15.9. The number of aryl methyl sites for hydroxylation is 3. The lowest BCUT2D eigenvalue weighted by Gasteiger charge is -2.12. The van der Waals surface area contributed by atoms with Crippen LogP contribution < -0.4 is 0 Å². The lowest BCUT2D eigenvalue weighted by Crippen LogP contribution is -2.09. The number of aromatic nitrogens is 2. The molecule has 7 heteroatoms. The van der Waals surface area contributed by atoms with Crippen LogP contribution in [0.25, 0.3) is 5.69 Å². The molecule has 0 N–H and O–H groups in total. The van der Waals surface area contributed by atoms with Gasteiger partial charge in [0.15, 0.2) is 10.8 Å². The Kier molecular flexibility index (Phi) is 3.72. The molecule has 0 saturated heterocycles. The van der Waals surface area contributed by atoms with Crippen molar-refractivity contribution in [3.05, 3.63) is 45.2 Å². The predicted octanol–water partition coefficient (Wildman–Crippen LogP) is 4.34. The van der Waals surface area contributed by atoms with Crippen LogP contribution in [0.3, 0.4) is 0 Å². The van der Waals surface area contributed by atoms with Gasteiger partial charge < -0.3 is 0 Å². The van der Waals surface area contributed by atoms with E-state index in [0.717, 1.165) is 21.4 Å². The highest BCUT2D eigenvalue weighted by Gasteiger charge is 2.39. The molecule has 2 aromatic rings. The molecule has 0 fully saturated rings. The van der Waals surface area contributed by atoms with Gasteiger partial charge in [-0.3, -0.25) is 0 Å². The minimum absolute atomic E-state index is 0.333. The highest BCUT2D eigenvalue weighted by Crippen LogP contribution is 2.36. The van der Waals surface area contributed by atoms with Crippen LogP contribution in [0.1, 0.15) is 27.9 Å². The van der Waals surface area contributed by atoms with Gasteiger partial charge in [0, 0.05) is 0 Å². The molecule has 1 aromatic heterocycles. The van der Waals surface area contributed by atoms with Crippen LogP contribution in [0.15, 0.2) is 12.1 Å². The molecule has 2 rings (SSSR count). The summed E-state index contributed by atoms with van der Waals surface area (Å²) in [5.41, 5.74) is 0.967. The normalized spacial score (nSPS) is 11.5. The molecule has 0 radical (unpaired) electrons. The van der Waals surface area contributed by atoms with E-state index < -0.39 is 17.4 Å². The average molecular weight is 314 g/mol. The maximum atomic E-state index is 12.9. The fourth-order valence-corrected chi connectivity index (χ4v) is 2.60. The van der Waals surface area contributed by atoms with E-state index in [1.165, 1.54) is 6.07 Å². The van der Waals surface area contributed by atoms with E-state index in [1.807, 2.05) is 19.1 Å². The minimum atomic E-state index is -4.73. The molecule has 0 aliphatic rings. The molecule has 0 bridgehead atoms. The van der Waals surface area contributed by atoms with Crippen molar-refractivity contribution in [3.63, 3.8) is 0 Å². The van der Waals surface area contributed by atoms with Crippen LogP contribution >= 0.6 is 11.6 Å². The summed E-state index contributed by atoms with van der Waals surface area (Å²) in [5.74, 6) is 0. The summed E-state index contributed by atoms with van der Waals surface area (Å²) in [6, 6.07) is 5.11. The second-order valence-corrected chi connectivity index (χ2v) is 5.14. The topological polar surface area (TPSA) is 41.6 Å². The first kappa shape index (κ1) is 15.4. The first-order valence-electron chi connectivity index (χ1n) is 6.01. The molecule has 1 heterocycles. The summed E-state index contributed by atoms with van der Waals surface area (Å²) in [4.78, 5) is 0. The number of hydrogen-bond donors (Lipinski definition) is 0. The Hall–Kier alpha value is -2.00. The van der Waals surface area contributed by atoms with E-state index >= 15 is 0 Å². The molecule has 0 amide bonds. The van der Waals surface area contributed by atoms with E-state index in [1.54, 1.807) is 13.8 Å². The number of benzene rings is 1. The second kappa shape index (κ2) is 5.08. The van der Waals surface area contributed by atoms with Gasteiger partial charge in [-0.15, -0.1) is 0 Å². The van der Waals surface area contributed by atoms with Crippen LogP contribution in [0, 0.1) is 32.1 Å². The first-order chi connectivity index (χ1) is 9.66. The zero-order valence-electron chi connectivity index (χ0n) is 11.5. The Morgan fingerprint density at radius 2 is 1.71 bits per heavy atom. The first-order valence-corrected chi connectivity index (χ1v) is 6.38. The van der Waals surface area contributed by atoms with Crippen LogP contribution in [0.5, 0.6) is 0 Å². The Bertz CT molecular complexity index is 731. The standard InChI is InChI=1S/C14H11ClF3N3/c1-7-4-8(2)11(9(3)5-7)21-13(15)10(6-19)12(20-21)14(16,17)18/h4-5H,1-3H3. The van der Waals surface area contributed by atoms with Gasteiger partial charge in [0.05, 0.1) is 5.69 Å².